The van der Waals surface area contributed by atoms with Crippen molar-refractivity contribution >= 4 is 27.5 Å². The van der Waals surface area contributed by atoms with E-state index in [0.717, 1.165) is 22.3 Å². The molecule has 0 saturated carbocycles. The summed E-state index contributed by atoms with van der Waals surface area (Å²) in [6.07, 6.45) is 0.890. The van der Waals surface area contributed by atoms with Gasteiger partial charge in [0.1, 0.15) is 5.75 Å². The van der Waals surface area contributed by atoms with E-state index in [1.54, 1.807) is 6.07 Å². The fourth-order valence-corrected chi connectivity index (χ4v) is 2.69. The second-order valence-electron chi connectivity index (χ2n) is 4.28. The zero-order valence-electron chi connectivity index (χ0n) is 9.81. The Balaban J connectivity index is 2.17. The Kier molecular flexibility index (Phi) is 4.67. The first kappa shape index (κ1) is 13.4. The summed E-state index contributed by atoms with van der Waals surface area (Å²) in [5.74, 6) is 0.695. The maximum absolute atomic E-state index is 9.48. The Morgan fingerprint density at radius 2 is 1.83 bits per heavy atom. The van der Waals surface area contributed by atoms with E-state index in [2.05, 4.69) is 28.1 Å². The van der Waals surface area contributed by atoms with Crippen molar-refractivity contribution in [2.45, 2.75) is 12.3 Å². The Labute approximate surface area is 121 Å². The van der Waals surface area contributed by atoms with E-state index >= 15 is 0 Å². The monoisotopic (exact) mass is 324 g/mol. The van der Waals surface area contributed by atoms with Crippen molar-refractivity contribution in [1.82, 2.24) is 0 Å². The molecule has 0 bridgehead atoms. The molecule has 0 aliphatic heterocycles. The van der Waals surface area contributed by atoms with E-state index in [1.807, 2.05) is 30.3 Å². The minimum atomic E-state index is 0.317. The predicted octanol–water partition coefficient (Wildman–Crippen LogP) is 4.77. The highest BCUT2D eigenvalue weighted by atomic mass is 79.9. The van der Waals surface area contributed by atoms with Crippen LogP contribution in [0.25, 0.3) is 0 Å². The summed E-state index contributed by atoms with van der Waals surface area (Å²) in [5, 5.41) is 11.1. The number of phenolic OH excluding ortho intramolecular Hbond substituents is 1. The summed E-state index contributed by atoms with van der Waals surface area (Å²) in [6.45, 7) is 0. The van der Waals surface area contributed by atoms with Gasteiger partial charge in [-0.2, -0.15) is 0 Å². The van der Waals surface area contributed by atoms with Crippen LogP contribution in [0.15, 0.2) is 48.5 Å². The lowest BCUT2D eigenvalue weighted by atomic mass is 9.94. The molecule has 1 atom stereocenters. The van der Waals surface area contributed by atoms with Gasteiger partial charge < -0.3 is 5.11 Å². The second-order valence-corrected chi connectivity index (χ2v) is 5.36. The summed E-state index contributed by atoms with van der Waals surface area (Å²) in [7, 11) is 0. The molecule has 3 heteroatoms. The second kappa shape index (κ2) is 6.26. The number of hydrogen-bond donors (Lipinski definition) is 1. The lowest BCUT2D eigenvalue weighted by molar-refractivity contribution is 0.474. The molecule has 1 N–H and O–H groups in total. The number of aromatic hydroxyl groups is 1. The third kappa shape index (κ3) is 3.50. The molecule has 2 aromatic rings. The van der Waals surface area contributed by atoms with Gasteiger partial charge in [-0.1, -0.05) is 51.8 Å². The molecule has 0 saturated heterocycles. The summed E-state index contributed by atoms with van der Waals surface area (Å²) in [6, 6.07) is 15.3. The van der Waals surface area contributed by atoms with E-state index in [1.165, 1.54) is 5.56 Å². The Bertz CT molecular complexity index is 510. The van der Waals surface area contributed by atoms with Crippen LogP contribution in [0.1, 0.15) is 17.0 Å². The number of benzene rings is 2. The first-order valence-corrected chi connectivity index (χ1v) is 7.28. The highest BCUT2D eigenvalue weighted by Gasteiger charge is 2.11. The number of alkyl halides is 1. The molecule has 0 aliphatic rings. The number of phenols is 1. The molecule has 0 radical (unpaired) electrons. The van der Waals surface area contributed by atoms with Crippen molar-refractivity contribution in [2.24, 2.45) is 0 Å². The molecule has 1 unspecified atom stereocenters. The van der Waals surface area contributed by atoms with Crippen LogP contribution in [0, 0.1) is 0 Å². The topological polar surface area (TPSA) is 20.2 Å². The van der Waals surface area contributed by atoms with E-state index in [9.17, 15) is 5.11 Å². The molecule has 1 nitrogen and oxygen atoms in total. The highest BCUT2D eigenvalue weighted by molar-refractivity contribution is 9.09. The fourth-order valence-electron chi connectivity index (χ4n) is 1.96. The zero-order valence-corrected chi connectivity index (χ0v) is 12.2. The van der Waals surface area contributed by atoms with Crippen LogP contribution >= 0.6 is 27.5 Å². The van der Waals surface area contributed by atoms with E-state index < -0.39 is 0 Å². The Hall–Kier alpha value is -0.990. The van der Waals surface area contributed by atoms with E-state index in [-0.39, 0.29) is 0 Å². The number of halogens is 2. The molecule has 0 aromatic heterocycles. The normalized spacial score (nSPS) is 12.3. The van der Waals surface area contributed by atoms with Gasteiger partial charge in [-0.15, -0.1) is 0 Å². The van der Waals surface area contributed by atoms with Gasteiger partial charge in [-0.25, -0.2) is 0 Å². The van der Waals surface area contributed by atoms with Crippen LogP contribution in [0.4, 0.5) is 0 Å². The summed E-state index contributed by atoms with van der Waals surface area (Å²) in [5.41, 5.74) is 2.38. The minimum Gasteiger partial charge on any atom is -0.508 e. The molecule has 2 aromatic carbocycles. The van der Waals surface area contributed by atoms with Crippen LogP contribution in [0.3, 0.4) is 0 Å². The van der Waals surface area contributed by atoms with Crippen molar-refractivity contribution < 1.29 is 5.11 Å². The van der Waals surface area contributed by atoms with Gasteiger partial charge in [-0.05, 0) is 47.7 Å². The molecule has 0 aliphatic carbocycles. The largest absolute Gasteiger partial charge is 0.508 e. The van der Waals surface area contributed by atoms with Crippen LogP contribution in [0.2, 0.25) is 5.02 Å². The fraction of sp³-hybridized carbons (Fsp3) is 0.200. The van der Waals surface area contributed by atoms with Crippen molar-refractivity contribution in [3.63, 3.8) is 0 Å². The van der Waals surface area contributed by atoms with Crippen molar-refractivity contribution in [2.75, 3.05) is 5.33 Å². The van der Waals surface area contributed by atoms with E-state index in [4.69, 9.17) is 11.6 Å². The van der Waals surface area contributed by atoms with Gasteiger partial charge in [0, 0.05) is 10.4 Å². The molecule has 0 amide bonds. The molecular weight excluding hydrogens is 312 g/mol. The third-order valence-electron chi connectivity index (χ3n) is 2.92. The highest BCUT2D eigenvalue weighted by Crippen LogP contribution is 2.25. The van der Waals surface area contributed by atoms with Crippen molar-refractivity contribution in [1.29, 1.82) is 0 Å². The zero-order chi connectivity index (χ0) is 13.0. The molecule has 0 heterocycles. The molecule has 2 rings (SSSR count). The predicted molar refractivity (Wildman–Crippen MR) is 79.8 cm³/mol. The molecular formula is C15H14BrClO. The molecule has 94 valence electrons. The summed E-state index contributed by atoms with van der Waals surface area (Å²) in [4.78, 5) is 0. The van der Waals surface area contributed by atoms with Gasteiger partial charge in [0.25, 0.3) is 0 Å². The Morgan fingerprint density at radius 1 is 1.11 bits per heavy atom. The minimum absolute atomic E-state index is 0.317. The number of rotatable bonds is 4. The van der Waals surface area contributed by atoms with Crippen LogP contribution in [0.5, 0.6) is 5.75 Å². The van der Waals surface area contributed by atoms with Gasteiger partial charge >= 0.3 is 0 Å². The maximum Gasteiger partial charge on any atom is 0.115 e. The average molecular weight is 326 g/mol. The number of hydrogen-bond acceptors (Lipinski definition) is 1. The van der Waals surface area contributed by atoms with E-state index in [0.29, 0.717) is 11.7 Å². The Morgan fingerprint density at radius 3 is 2.44 bits per heavy atom. The molecule has 18 heavy (non-hydrogen) atoms. The first-order chi connectivity index (χ1) is 8.69. The third-order valence-corrected chi connectivity index (χ3v) is 3.95. The molecule has 0 spiro atoms. The van der Waals surface area contributed by atoms with Gasteiger partial charge in [0.2, 0.25) is 0 Å². The van der Waals surface area contributed by atoms with Gasteiger partial charge in [0.15, 0.2) is 0 Å². The molecule has 0 fully saturated rings. The van der Waals surface area contributed by atoms with Crippen molar-refractivity contribution in [3.05, 3.63) is 64.7 Å². The van der Waals surface area contributed by atoms with Gasteiger partial charge in [0.05, 0.1) is 0 Å². The lowest BCUT2D eigenvalue weighted by Gasteiger charge is -2.15. The average Bonchev–Trinajstić information content (AvgIpc) is 2.37. The summed E-state index contributed by atoms with van der Waals surface area (Å²) < 4.78 is 0. The maximum atomic E-state index is 9.48. The SMILES string of the molecule is Oc1cccc(CC(CBr)c2ccc(Cl)cc2)c1. The van der Waals surface area contributed by atoms with Crippen molar-refractivity contribution in [3.8, 4) is 5.75 Å². The van der Waals surface area contributed by atoms with Gasteiger partial charge in [-0.3, -0.25) is 0 Å². The van der Waals surface area contributed by atoms with Crippen LogP contribution in [-0.4, -0.2) is 10.4 Å². The quantitative estimate of drug-likeness (QED) is 0.803. The summed E-state index contributed by atoms with van der Waals surface area (Å²) >= 11 is 9.45. The standard InChI is InChI=1S/C15H14BrClO/c16-10-13(12-4-6-14(17)7-5-12)8-11-2-1-3-15(18)9-11/h1-7,9,13,18H,8,10H2. The van der Waals surface area contributed by atoms with Crippen LogP contribution < -0.4 is 0 Å². The lowest BCUT2D eigenvalue weighted by Crippen LogP contribution is -2.04. The van der Waals surface area contributed by atoms with Crippen LogP contribution in [-0.2, 0) is 6.42 Å². The smallest absolute Gasteiger partial charge is 0.115 e. The first-order valence-electron chi connectivity index (χ1n) is 5.78.